The summed E-state index contributed by atoms with van der Waals surface area (Å²) in [5.74, 6) is -17.8. The summed E-state index contributed by atoms with van der Waals surface area (Å²) in [4.78, 5) is 0. The van der Waals surface area contributed by atoms with Gasteiger partial charge in [-0.3, -0.25) is 0 Å². The fourth-order valence-electron chi connectivity index (χ4n) is 1.51. The van der Waals surface area contributed by atoms with Gasteiger partial charge in [0.15, 0.2) is 11.7 Å². The second kappa shape index (κ2) is 12.8. The lowest BCUT2D eigenvalue weighted by Crippen LogP contribution is -2.40. The minimum absolute atomic E-state index is 0.437. The van der Waals surface area contributed by atoms with E-state index in [0.717, 1.165) is 13.8 Å². The average molecular weight is 402 g/mol. The molecule has 0 unspecified atom stereocenters. The van der Waals surface area contributed by atoms with Crippen molar-refractivity contribution >= 4 is 0 Å². The molecule has 0 aromatic heterocycles. The van der Waals surface area contributed by atoms with E-state index in [9.17, 15) is 30.7 Å². The van der Waals surface area contributed by atoms with E-state index in [-0.39, 0.29) is 0 Å². The van der Waals surface area contributed by atoms with Crippen molar-refractivity contribution in [2.45, 2.75) is 79.1 Å². The third-order valence-electron chi connectivity index (χ3n) is 3.29. The van der Waals surface area contributed by atoms with Crippen molar-refractivity contribution in [3.8, 4) is 0 Å². The first-order valence-electron chi connectivity index (χ1n) is 8.70. The summed E-state index contributed by atoms with van der Waals surface area (Å²) < 4.78 is 89.6. The SMILES string of the molecule is CCC(F)(F)C(F)(F)C(F)=C(F)C(F)=C(C)C.CCCCC=CC=C(C)C. The largest absolute Gasteiger partial charge is 0.363 e. The Hall–Kier alpha value is -1.53. The molecule has 0 radical (unpaired) electrons. The van der Waals surface area contributed by atoms with E-state index in [1.807, 2.05) is 0 Å². The van der Waals surface area contributed by atoms with Crippen molar-refractivity contribution in [2.24, 2.45) is 0 Å². The molecule has 0 fully saturated rings. The number of halogens is 7. The number of alkyl halides is 4. The minimum Gasteiger partial charge on any atom is -0.204 e. The summed E-state index contributed by atoms with van der Waals surface area (Å²) in [6.07, 6.45) is 8.95. The maximum Gasteiger partial charge on any atom is 0.363 e. The zero-order valence-electron chi connectivity index (χ0n) is 16.7. The Morgan fingerprint density at radius 3 is 1.74 bits per heavy atom. The molecule has 0 aliphatic carbocycles. The van der Waals surface area contributed by atoms with Crippen LogP contribution in [0.3, 0.4) is 0 Å². The highest BCUT2D eigenvalue weighted by Crippen LogP contribution is 2.45. The van der Waals surface area contributed by atoms with Crippen LogP contribution < -0.4 is 0 Å². The third-order valence-corrected chi connectivity index (χ3v) is 3.29. The van der Waals surface area contributed by atoms with Crippen LogP contribution in [0.2, 0.25) is 0 Å². The Morgan fingerprint density at radius 1 is 0.852 bits per heavy atom. The topological polar surface area (TPSA) is 0 Å². The first-order chi connectivity index (χ1) is 12.3. The molecule has 0 saturated carbocycles. The molecule has 0 amide bonds. The summed E-state index contributed by atoms with van der Waals surface area (Å²) in [5.41, 5.74) is 0.931. The van der Waals surface area contributed by atoms with Crippen molar-refractivity contribution in [2.75, 3.05) is 0 Å². The van der Waals surface area contributed by atoms with Gasteiger partial charge >= 0.3 is 11.8 Å². The molecule has 158 valence electrons. The molecule has 0 nitrogen and oxygen atoms in total. The highest BCUT2D eigenvalue weighted by Gasteiger charge is 2.59. The number of hydrogen-bond acceptors (Lipinski definition) is 0. The smallest absolute Gasteiger partial charge is 0.204 e. The summed E-state index contributed by atoms with van der Waals surface area (Å²) in [7, 11) is 0. The molecule has 0 atom stereocenters. The molecule has 0 aromatic carbocycles. The lowest BCUT2D eigenvalue weighted by molar-refractivity contribution is -0.197. The molecule has 27 heavy (non-hydrogen) atoms. The molecule has 0 aromatic rings. The molecule has 0 bridgehead atoms. The van der Waals surface area contributed by atoms with Gasteiger partial charge in [0, 0.05) is 6.42 Å². The van der Waals surface area contributed by atoms with Crippen molar-refractivity contribution in [1.29, 1.82) is 0 Å². The Bertz CT molecular complexity index is 559. The molecule has 0 heterocycles. The second-order valence-electron chi connectivity index (χ2n) is 6.39. The first-order valence-corrected chi connectivity index (χ1v) is 8.70. The number of rotatable bonds is 8. The Morgan fingerprint density at radius 2 is 1.37 bits per heavy atom. The number of hydrogen-bond donors (Lipinski definition) is 0. The number of allylic oxidation sites excluding steroid dienone is 8. The molecule has 0 spiro atoms. The molecule has 0 N–H and O–H groups in total. The van der Waals surface area contributed by atoms with Gasteiger partial charge in [-0.1, -0.05) is 50.5 Å². The lowest BCUT2D eigenvalue weighted by Gasteiger charge is -2.24. The van der Waals surface area contributed by atoms with Gasteiger partial charge in [0.25, 0.3) is 0 Å². The predicted octanol–water partition coefficient (Wildman–Crippen LogP) is 8.78. The van der Waals surface area contributed by atoms with Crippen molar-refractivity contribution in [3.63, 3.8) is 0 Å². The molecule has 0 aliphatic heterocycles. The van der Waals surface area contributed by atoms with Gasteiger partial charge in [-0.25, -0.2) is 13.2 Å². The Kier molecular flexibility index (Phi) is 13.1. The second-order valence-corrected chi connectivity index (χ2v) is 6.39. The molecule has 0 saturated heterocycles. The van der Waals surface area contributed by atoms with E-state index < -0.39 is 41.3 Å². The van der Waals surface area contributed by atoms with E-state index in [1.54, 1.807) is 0 Å². The summed E-state index contributed by atoms with van der Waals surface area (Å²) >= 11 is 0. The van der Waals surface area contributed by atoms with Gasteiger partial charge in [-0.2, -0.15) is 17.6 Å². The van der Waals surface area contributed by atoms with Crippen LogP contribution in [0.4, 0.5) is 30.7 Å². The standard InChI is InChI=1S/C10H11F7.C10H18/c1-4-9(14,15)10(16,17)8(13)7(12)6(11)5(2)3;1-4-5-6-7-8-9-10(2)3/h4H2,1-3H3;7-9H,4-6H2,1-3H3. The van der Waals surface area contributed by atoms with Gasteiger partial charge in [-0.05, 0) is 39.7 Å². The first kappa shape index (κ1) is 27.7. The van der Waals surface area contributed by atoms with Gasteiger partial charge in [0.2, 0.25) is 5.83 Å². The third kappa shape index (κ3) is 9.82. The zero-order chi connectivity index (χ0) is 21.8. The van der Waals surface area contributed by atoms with E-state index >= 15 is 0 Å². The summed E-state index contributed by atoms with van der Waals surface area (Å²) in [6.45, 7) is 9.09. The summed E-state index contributed by atoms with van der Waals surface area (Å²) in [6, 6.07) is 0. The van der Waals surface area contributed by atoms with Crippen LogP contribution in [0.1, 0.15) is 67.2 Å². The normalized spacial score (nSPS) is 12.9. The molecular weight excluding hydrogens is 373 g/mol. The Balaban J connectivity index is 0. The lowest BCUT2D eigenvalue weighted by atomic mass is 10.1. The van der Waals surface area contributed by atoms with Gasteiger partial charge in [-0.15, -0.1) is 0 Å². The highest BCUT2D eigenvalue weighted by molar-refractivity contribution is 5.29. The molecule has 0 aliphatic rings. The fourth-order valence-corrected chi connectivity index (χ4v) is 1.51. The fraction of sp³-hybridized carbons (Fsp3) is 0.600. The van der Waals surface area contributed by atoms with Crippen molar-refractivity contribution in [3.05, 3.63) is 46.9 Å². The van der Waals surface area contributed by atoms with Gasteiger partial charge in [0.05, 0.1) is 0 Å². The average Bonchev–Trinajstić information content (AvgIpc) is 2.59. The summed E-state index contributed by atoms with van der Waals surface area (Å²) in [5, 5.41) is 0. The van der Waals surface area contributed by atoms with Crippen LogP contribution in [0, 0.1) is 0 Å². The number of unbranched alkanes of at least 4 members (excludes halogenated alkanes) is 2. The minimum atomic E-state index is -5.38. The molecule has 7 heteroatoms. The zero-order valence-corrected chi connectivity index (χ0v) is 16.7. The van der Waals surface area contributed by atoms with Crippen molar-refractivity contribution in [1.82, 2.24) is 0 Å². The van der Waals surface area contributed by atoms with E-state index in [0.29, 0.717) is 6.92 Å². The Labute approximate surface area is 157 Å². The van der Waals surface area contributed by atoms with Crippen molar-refractivity contribution < 1.29 is 30.7 Å². The van der Waals surface area contributed by atoms with Gasteiger partial charge in [0.1, 0.15) is 0 Å². The van der Waals surface area contributed by atoms with Crippen LogP contribution in [0.25, 0.3) is 0 Å². The molecule has 0 rings (SSSR count). The van der Waals surface area contributed by atoms with Crippen LogP contribution >= 0.6 is 0 Å². The van der Waals surface area contributed by atoms with Crippen LogP contribution in [-0.4, -0.2) is 11.8 Å². The quantitative estimate of drug-likeness (QED) is 0.216. The van der Waals surface area contributed by atoms with E-state index in [2.05, 4.69) is 39.0 Å². The van der Waals surface area contributed by atoms with Crippen LogP contribution in [-0.2, 0) is 0 Å². The molecular formula is C20H29F7. The van der Waals surface area contributed by atoms with Gasteiger partial charge < -0.3 is 0 Å². The highest BCUT2D eigenvalue weighted by atomic mass is 19.3. The predicted molar refractivity (Wildman–Crippen MR) is 97.0 cm³/mol. The monoisotopic (exact) mass is 402 g/mol. The maximum absolute atomic E-state index is 12.9. The van der Waals surface area contributed by atoms with Crippen LogP contribution in [0.5, 0.6) is 0 Å². The maximum atomic E-state index is 12.9. The van der Waals surface area contributed by atoms with E-state index in [4.69, 9.17) is 0 Å². The van der Waals surface area contributed by atoms with Crippen LogP contribution in [0.15, 0.2) is 46.9 Å². The van der Waals surface area contributed by atoms with E-state index in [1.165, 1.54) is 24.8 Å².